The molecule has 11 heavy (non-hydrogen) atoms. The van der Waals surface area contributed by atoms with Crippen LogP contribution in [-0.2, 0) is 9.47 Å². The van der Waals surface area contributed by atoms with Crippen molar-refractivity contribution in [1.29, 1.82) is 0 Å². The van der Waals surface area contributed by atoms with Crippen molar-refractivity contribution in [3.8, 4) is 0 Å². The van der Waals surface area contributed by atoms with Gasteiger partial charge >= 0.3 is 0 Å². The van der Waals surface area contributed by atoms with Gasteiger partial charge in [-0.25, -0.2) is 0 Å². The van der Waals surface area contributed by atoms with Gasteiger partial charge in [0.25, 0.3) is 0 Å². The normalized spacial score (nSPS) is 46.3. The molecule has 2 rings (SSSR count). The Labute approximate surface area is 65.6 Å². The largest absolute Gasteiger partial charge is 0.386 e. The number of rotatable bonds is 0. The average molecular weight is 156 g/mol. The average Bonchev–Trinajstić information content (AvgIpc) is 2.31. The zero-order valence-corrected chi connectivity index (χ0v) is 6.65. The number of hydrogen-bond donors (Lipinski definition) is 1. The van der Waals surface area contributed by atoms with Crippen LogP contribution in [0.25, 0.3) is 0 Å². The third kappa shape index (κ3) is 1.09. The molecule has 1 fully saturated rings. The van der Waals surface area contributed by atoms with Gasteiger partial charge in [-0.05, 0) is 13.8 Å². The van der Waals surface area contributed by atoms with E-state index in [9.17, 15) is 5.11 Å². The van der Waals surface area contributed by atoms with Crippen LogP contribution in [0.1, 0.15) is 13.8 Å². The topological polar surface area (TPSA) is 38.7 Å². The Bertz CT molecular complexity index is 198. The highest BCUT2D eigenvalue weighted by Crippen LogP contribution is 2.34. The second-order valence-corrected chi connectivity index (χ2v) is 3.44. The maximum atomic E-state index is 9.34. The molecule has 0 aromatic rings. The molecule has 0 saturated carbocycles. The van der Waals surface area contributed by atoms with E-state index in [-0.39, 0.29) is 12.2 Å². The fraction of sp³-hybridized carbons (Fsp3) is 0.750. The quantitative estimate of drug-likeness (QED) is 0.517. The van der Waals surface area contributed by atoms with Crippen LogP contribution in [0.5, 0.6) is 0 Å². The first-order valence-electron chi connectivity index (χ1n) is 3.80. The van der Waals surface area contributed by atoms with Crippen molar-refractivity contribution >= 4 is 0 Å². The van der Waals surface area contributed by atoms with E-state index in [0.29, 0.717) is 0 Å². The van der Waals surface area contributed by atoms with Gasteiger partial charge in [-0.2, -0.15) is 0 Å². The number of aliphatic hydroxyl groups is 1. The highest BCUT2D eigenvalue weighted by molar-refractivity contribution is 5.13. The highest BCUT2D eigenvalue weighted by Gasteiger charge is 2.45. The van der Waals surface area contributed by atoms with Crippen LogP contribution >= 0.6 is 0 Å². The van der Waals surface area contributed by atoms with Crippen molar-refractivity contribution < 1.29 is 14.6 Å². The third-order valence-electron chi connectivity index (χ3n) is 2.00. The summed E-state index contributed by atoms with van der Waals surface area (Å²) in [6, 6.07) is 0. The molecule has 3 heteroatoms. The Kier molecular flexibility index (Phi) is 1.36. The zero-order valence-electron chi connectivity index (χ0n) is 6.65. The Hall–Kier alpha value is -0.380. The first-order chi connectivity index (χ1) is 5.08. The molecule has 0 radical (unpaired) electrons. The molecule has 1 saturated heterocycles. The molecule has 0 amide bonds. The van der Waals surface area contributed by atoms with Crippen LogP contribution in [-0.4, -0.2) is 29.2 Å². The SMILES string of the molecule is CC1(C)OC2C=CC(O)C2O1. The highest BCUT2D eigenvalue weighted by atomic mass is 16.8. The van der Waals surface area contributed by atoms with Crippen LogP contribution in [0.2, 0.25) is 0 Å². The standard InChI is InChI=1S/C8H12O3/c1-8(2)10-6-4-3-5(9)7(6)11-8/h3-7,9H,1-2H3. The fourth-order valence-corrected chi connectivity index (χ4v) is 1.56. The molecular weight excluding hydrogens is 144 g/mol. The summed E-state index contributed by atoms with van der Waals surface area (Å²) >= 11 is 0. The van der Waals surface area contributed by atoms with Crippen molar-refractivity contribution in [3.63, 3.8) is 0 Å². The molecule has 2 aliphatic rings. The summed E-state index contributed by atoms with van der Waals surface area (Å²) in [6.45, 7) is 3.71. The van der Waals surface area contributed by atoms with Crippen LogP contribution in [0.15, 0.2) is 12.2 Å². The molecule has 0 aromatic carbocycles. The first kappa shape index (κ1) is 7.28. The van der Waals surface area contributed by atoms with E-state index in [1.807, 2.05) is 19.9 Å². The predicted octanol–water partition coefficient (Wildman–Crippen LogP) is 0.437. The summed E-state index contributed by atoms with van der Waals surface area (Å²) in [6.07, 6.45) is 2.82. The van der Waals surface area contributed by atoms with E-state index in [0.717, 1.165) is 0 Å². The lowest BCUT2D eigenvalue weighted by Gasteiger charge is -2.18. The van der Waals surface area contributed by atoms with Gasteiger partial charge in [0.15, 0.2) is 5.79 Å². The van der Waals surface area contributed by atoms with Crippen LogP contribution in [0.3, 0.4) is 0 Å². The van der Waals surface area contributed by atoms with Crippen molar-refractivity contribution in [2.75, 3.05) is 0 Å². The number of aliphatic hydroxyl groups excluding tert-OH is 1. The molecule has 0 aromatic heterocycles. The van der Waals surface area contributed by atoms with Crippen molar-refractivity contribution in [2.24, 2.45) is 0 Å². The zero-order chi connectivity index (χ0) is 8.06. The van der Waals surface area contributed by atoms with Crippen LogP contribution in [0.4, 0.5) is 0 Å². The Morgan fingerprint density at radius 1 is 1.27 bits per heavy atom. The van der Waals surface area contributed by atoms with Crippen molar-refractivity contribution in [3.05, 3.63) is 12.2 Å². The minimum absolute atomic E-state index is 0.0556. The van der Waals surface area contributed by atoms with Gasteiger partial charge in [0.2, 0.25) is 0 Å². The number of hydrogen-bond acceptors (Lipinski definition) is 3. The molecule has 0 bridgehead atoms. The summed E-state index contributed by atoms with van der Waals surface area (Å²) in [5.41, 5.74) is 0. The van der Waals surface area contributed by atoms with Crippen molar-refractivity contribution in [1.82, 2.24) is 0 Å². The fourth-order valence-electron chi connectivity index (χ4n) is 1.56. The monoisotopic (exact) mass is 156 g/mol. The Balaban J connectivity index is 2.15. The maximum absolute atomic E-state index is 9.34. The minimum atomic E-state index is -0.541. The molecule has 1 N–H and O–H groups in total. The second kappa shape index (κ2) is 2.06. The molecule has 62 valence electrons. The maximum Gasteiger partial charge on any atom is 0.164 e. The van der Waals surface area contributed by atoms with Crippen molar-refractivity contribution in [2.45, 2.75) is 37.9 Å². The van der Waals surface area contributed by atoms with Gasteiger partial charge in [0, 0.05) is 0 Å². The van der Waals surface area contributed by atoms with E-state index in [4.69, 9.17) is 9.47 Å². The summed E-state index contributed by atoms with van der Waals surface area (Å²) in [5, 5.41) is 9.34. The Morgan fingerprint density at radius 2 is 2.00 bits per heavy atom. The molecule has 3 atom stereocenters. The van der Waals surface area contributed by atoms with Gasteiger partial charge in [-0.1, -0.05) is 12.2 Å². The van der Waals surface area contributed by atoms with E-state index in [1.54, 1.807) is 6.08 Å². The molecule has 1 aliphatic carbocycles. The number of fused-ring (bicyclic) bond motifs is 1. The van der Waals surface area contributed by atoms with E-state index < -0.39 is 11.9 Å². The summed E-state index contributed by atoms with van der Waals surface area (Å²) in [5.74, 6) is -0.541. The lowest BCUT2D eigenvalue weighted by Crippen LogP contribution is -2.28. The van der Waals surface area contributed by atoms with Gasteiger partial charge < -0.3 is 14.6 Å². The lowest BCUT2D eigenvalue weighted by molar-refractivity contribution is -0.152. The smallest absolute Gasteiger partial charge is 0.164 e. The van der Waals surface area contributed by atoms with Gasteiger partial charge in [-0.3, -0.25) is 0 Å². The summed E-state index contributed by atoms with van der Waals surface area (Å²) in [7, 11) is 0. The summed E-state index contributed by atoms with van der Waals surface area (Å²) < 4.78 is 10.9. The van der Waals surface area contributed by atoms with Gasteiger partial charge in [-0.15, -0.1) is 0 Å². The molecule has 0 spiro atoms. The molecular formula is C8H12O3. The molecule has 3 nitrogen and oxygen atoms in total. The molecule has 1 heterocycles. The third-order valence-corrected chi connectivity index (χ3v) is 2.00. The number of ether oxygens (including phenoxy) is 2. The Morgan fingerprint density at radius 3 is 2.64 bits per heavy atom. The molecule has 3 unspecified atom stereocenters. The van der Waals surface area contributed by atoms with E-state index in [1.165, 1.54) is 0 Å². The summed E-state index contributed by atoms with van der Waals surface area (Å²) in [4.78, 5) is 0. The van der Waals surface area contributed by atoms with Gasteiger partial charge in [0.1, 0.15) is 18.3 Å². The minimum Gasteiger partial charge on any atom is -0.386 e. The van der Waals surface area contributed by atoms with Crippen LogP contribution in [0, 0.1) is 0 Å². The van der Waals surface area contributed by atoms with Crippen LogP contribution < -0.4 is 0 Å². The second-order valence-electron chi connectivity index (χ2n) is 3.44. The molecule has 1 aliphatic heterocycles. The van der Waals surface area contributed by atoms with E-state index in [2.05, 4.69) is 0 Å². The van der Waals surface area contributed by atoms with E-state index >= 15 is 0 Å². The predicted molar refractivity (Wildman–Crippen MR) is 39.0 cm³/mol. The lowest BCUT2D eigenvalue weighted by atomic mass is 10.2. The van der Waals surface area contributed by atoms with Gasteiger partial charge in [0.05, 0.1) is 0 Å². The first-order valence-corrected chi connectivity index (χ1v) is 3.80.